The molecule has 0 radical (unpaired) electrons. The van der Waals surface area contributed by atoms with Crippen LogP contribution in [0.2, 0.25) is 0 Å². The molecule has 0 aliphatic rings. The fraction of sp³-hybridized carbons (Fsp3) is 0.143. The van der Waals surface area contributed by atoms with Crippen LogP contribution in [0.1, 0.15) is 43.2 Å². The maximum atomic E-state index is 12.0. The third-order valence-corrected chi connectivity index (χ3v) is 4.47. The number of nitrogens with zero attached hydrogens (tertiary/aromatic N) is 3. The summed E-state index contributed by atoms with van der Waals surface area (Å²) in [6, 6.07) is 10.2. The van der Waals surface area contributed by atoms with E-state index in [0.717, 1.165) is 28.2 Å². The predicted octanol–water partition coefficient (Wildman–Crippen LogP) is 3.26. The van der Waals surface area contributed by atoms with Crippen molar-refractivity contribution < 1.29 is 14.7 Å². The van der Waals surface area contributed by atoms with Gasteiger partial charge in [0.1, 0.15) is 0 Å². The second-order valence-corrected chi connectivity index (χ2v) is 6.40. The number of carbonyl (C=O) groups is 2. The van der Waals surface area contributed by atoms with E-state index in [1.165, 1.54) is 0 Å². The standard InChI is InChI=1S/C21H20N4O3/c1-13-10-17(21(27)28)4-5-19(13)25-14(2)11-18(15(25)3)12-23-24-20(26)16-6-8-22-9-7-16/h4-12H,1-3H3,(H,24,26)(H,27,28). The zero-order valence-corrected chi connectivity index (χ0v) is 15.8. The minimum atomic E-state index is -0.951. The number of hydrogen-bond donors (Lipinski definition) is 2. The van der Waals surface area contributed by atoms with E-state index >= 15 is 0 Å². The summed E-state index contributed by atoms with van der Waals surface area (Å²) in [5.41, 5.74) is 7.76. The number of pyridine rings is 1. The number of aromatic carboxylic acids is 1. The first kappa shape index (κ1) is 19.0. The van der Waals surface area contributed by atoms with Gasteiger partial charge in [0.25, 0.3) is 5.91 Å². The van der Waals surface area contributed by atoms with Gasteiger partial charge in [-0.1, -0.05) is 0 Å². The van der Waals surface area contributed by atoms with E-state index in [0.29, 0.717) is 5.56 Å². The van der Waals surface area contributed by atoms with Crippen LogP contribution in [0, 0.1) is 20.8 Å². The average Bonchev–Trinajstić information content (AvgIpc) is 2.96. The second-order valence-electron chi connectivity index (χ2n) is 6.40. The number of carboxylic acid groups (broad SMARTS) is 1. The molecule has 0 aliphatic heterocycles. The van der Waals surface area contributed by atoms with Crippen molar-refractivity contribution in [2.75, 3.05) is 0 Å². The van der Waals surface area contributed by atoms with Crippen LogP contribution >= 0.6 is 0 Å². The van der Waals surface area contributed by atoms with Crippen molar-refractivity contribution in [3.63, 3.8) is 0 Å². The van der Waals surface area contributed by atoms with E-state index in [9.17, 15) is 9.59 Å². The Morgan fingerprint density at radius 1 is 1.07 bits per heavy atom. The molecule has 0 bridgehead atoms. The number of hydrogen-bond acceptors (Lipinski definition) is 4. The van der Waals surface area contributed by atoms with Gasteiger partial charge in [0, 0.05) is 40.6 Å². The van der Waals surface area contributed by atoms with Gasteiger partial charge in [-0.3, -0.25) is 9.78 Å². The third-order valence-electron chi connectivity index (χ3n) is 4.47. The number of amides is 1. The Morgan fingerprint density at radius 2 is 1.79 bits per heavy atom. The lowest BCUT2D eigenvalue weighted by Gasteiger charge is -2.13. The van der Waals surface area contributed by atoms with E-state index in [1.807, 2.05) is 31.4 Å². The van der Waals surface area contributed by atoms with Gasteiger partial charge in [-0.05, 0) is 62.7 Å². The molecule has 2 aromatic heterocycles. The minimum Gasteiger partial charge on any atom is -0.478 e. The summed E-state index contributed by atoms with van der Waals surface area (Å²) in [5.74, 6) is -1.26. The molecule has 2 heterocycles. The molecule has 0 fully saturated rings. The summed E-state index contributed by atoms with van der Waals surface area (Å²) >= 11 is 0. The molecular weight excluding hydrogens is 356 g/mol. The molecule has 0 saturated carbocycles. The first-order valence-electron chi connectivity index (χ1n) is 8.65. The highest BCUT2D eigenvalue weighted by molar-refractivity contribution is 5.94. The Kier molecular flexibility index (Phi) is 5.35. The molecule has 0 aliphatic carbocycles. The van der Waals surface area contributed by atoms with Crippen molar-refractivity contribution in [2.45, 2.75) is 20.8 Å². The zero-order chi connectivity index (χ0) is 20.3. The summed E-state index contributed by atoms with van der Waals surface area (Å²) in [7, 11) is 0. The molecular formula is C21H20N4O3. The van der Waals surface area contributed by atoms with Gasteiger partial charge >= 0.3 is 5.97 Å². The topological polar surface area (TPSA) is 96.6 Å². The van der Waals surface area contributed by atoms with Gasteiger partial charge in [0.05, 0.1) is 11.8 Å². The van der Waals surface area contributed by atoms with Crippen molar-refractivity contribution in [3.8, 4) is 5.69 Å². The van der Waals surface area contributed by atoms with Gasteiger partial charge in [0.2, 0.25) is 0 Å². The van der Waals surface area contributed by atoms with Gasteiger partial charge < -0.3 is 9.67 Å². The van der Waals surface area contributed by atoms with Crippen molar-refractivity contribution >= 4 is 18.1 Å². The lowest BCUT2D eigenvalue weighted by atomic mass is 10.1. The summed E-state index contributed by atoms with van der Waals surface area (Å²) in [6.45, 7) is 5.79. The van der Waals surface area contributed by atoms with Crippen LogP contribution in [0.3, 0.4) is 0 Å². The molecule has 0 saturated heterocycles. The number of aryl methyl sites for hydroxylation is 2. The summed E-state index contributed by atoms with van der Waals surface area (Å²) in [6.07, 6.45) is 4.69. The molecule has 0 unspecified atom stereocenters. The molecule has 7 nitrogen and oxygen atoms in total. The molecule has 0 atom stereocenters. The van der Waals surface area contributed by atoms with E-state index in [-0.39, 0.29) is 11.5 Å². The van der Waals surface area contributed by atoms with E-state index < -0.39 is 5.97 Å². The fourth-order valence-electron chi connectivity index (χ4n) is 3.06. The van der Waals surface area contributed by atoms with Crippen molar-refractivity contribution in [2.24, 2.45) is 5.10 Å². The third kappa shape index (κ3) is 3.83. The highest BCUT2D eigenvalue weighted by Gasteiger charge is 2.13. The number of benzene rings is 1. The Morgan fingerprint density at radius 3 is 2.43 bits per heavy atom. The molecule has 3 aromatic rings. The molecule has 1 amide bonds. The smallest absolute Gasteiger partial charge is 0.335 e. The SMILES string of the molecule is Cc1cc(C(=O)O)ccc1-n1c(C)cc(C=NNC(=O)c2ccncc2)c1C. The first-order valence-corrected chi connectivity index (χ1v) is 8.65. The summed E-state index contributed by atoms with van der Waals surface area (Å²) < 4.78 is 2.03. The number of aromatic nitrogens is 2. The minimum absolute atomic E-state index is 0.254. The van der Waals surface area contributed by atoms with Crippen molar-refractivity contribution in [3.05, 3.63) is 82.4 Å². The van der Waals surface area contributed by atoms with Crippen LogP contribution in [-0.4, -0.2) is 32.7 Å². The second kappa shape index (κ2) is 7.87. The monoisotopic (exact) mass is 376 g/mol. The van der Waals surface area contributed by atoms with Crippen LogP contribution in [0.5, 0.6) is 0 Å². The summed E-state index contributed by atoms with van der Waals surface area (Å²) in [4.78, 5) is 27.1. The van der Waals surface area contributed by atoms with Crippen LogP contribution < -0.4 is 5.43 Å². The van der Waals surface area contributed by atoms with E-state index in [2.05, 4.69) is 15.5 Å². The largest absolute Gasteiger partial charge is 0.478 e. The molecule has 142 valence electrons. The molecule has 1 aromatic carbocycles. The van der Waals surface area contributed by atoms with Gasteiger partial charge in [0.15, 0.2) is 0 Å². The Bertz CT molecular complexity index is 1070. The zero-order valence-electron chi connectivity index (χ0n) is 15.8. The number of rotatable bonds is 5. The Hall–Kier alpha value is -3.74. The number of carbonyl (C=O) groups excluding carboxylic acids is 1. The van der Waals surface area contributed by atoms with Crippen LogP contribution in [-0.2, 0) is 0 Å². The molecule has 0 spiro atoms. The van der Waals surface area contributed by atoms with Gasteiger partial charge in [-0.15, -0.1) is 0 Å². The predicted molar refractivity (Wildman–Crippen MR) is 106 cm³/mol. The normalized spacial score (nSPS) is 11.0. The van der Waals surface area contributed by atoms with Gasteiger partial charge in [-0.2, -0.15) is 5.10 Å². The van der Waals surface area contributed by atoms with Crippen molar-refractivity contribution in [1.29, 1.82) is 0 Å². The molecule has 7 heteroatoms. The fourth-order valence-corrected chi connectivity index (χ4v) is 3.06. The maximum absolute atomic E-state index is 12.0. The highest BCUT2D eigenvalue weighted by atomic mass is 16.4. The lowest BCUT2D eigenvalue weighted by Crippen LogP contribution is -2.17. The van der Waals surface area contributed by atoms with Crippen LogP contribution in [0.25, 0.3) is 5.69 Å². The maximum Gasteiger partial charge on any atom is 0.335 e. The lowest BCUT2D eigenvalue weighted by molar-refractivity contribution is 0.0696. The summed E-state index contributed by atoms with van der Waals surface area (Å²) in [5, 5.41) is 13.2. The molecule has 3 rings (SSSR count). The van der Waals surface area contributed by atoms with Crippen LogP contribution in [0.15, 0.2) is 53.9 Å². The van der Waals surface area contributed by atoms with Crippen molar-refractivity contribution in [1.82, 2.24) is 15.0 Å². The number of carboxylic acids is 1. The average molecular weight is 376 g/mol. The highest BCUT2D eigenvalue weighted by Crippen LogP contribution is 2.23. The number of nitrogens with one attached hydrogen (secondary N) is 1. The van der Waals surface area contributed by atoms with E-state index in [4.69, 9.17) is 5.11 Å². The molecule has 28 heavy (non-hydrogen) atoms. The Balaban J connectivity index is 1.84. The van der Waals surface area contributed by atoms with Crippen LogP contribution in [0.4, 0.5) is 0 Å². The number of hydrazone groups is 1. The Labute approximate surface area is 162 Å². The quantitative estimate of drug-likeness (QED) is 0.528. The van der Waals surface area contributed by atoms with E-state index in [1.54, 1.807) is 48.9 Å². The molecule has 2 N–H and O–H groups in total. The van der Waals surface area contributed by atoms with Gasteiger partial charge in [-0.25, -0.2) is 10.2 Å². The first-order chi connectivity index (χ1) is 13.4.